The lowest BCUT2D eigenvalue weighted by molar-refractivity contribution is -0.141. The van der Waals surface area contributed by atoms with E-state index in [1.54, 1.807) is 10.7 Å². The van der Waals surface area contributed by atoms with E-state index in [1.165, 1.54) is 18.5 Å². The predicted molar refractivity (Wildman–Crippen MR) is 93.6 cm³/mol. The Hall–Kier alpha value is -3.22. The number of carbonyl (C=O) groups is 1. The first-order chi connectivity index (χ1) is 12.6. The second kappa shape index (κ2) is 6.59. The first kappa shape index (κ1) is 16.3. The van der Waals surface area contributed by atoms with Gasteiger partial charge in [-0.3, -0.25) is 4.79 Å². The molecule has 0 radical (unpaired) electrons. The number of hydrogen-bond donors (Lipinski definition) is 1. The van der Waals surface area contributed by atoms with Crippen LogP contribution in [0.5, 0.6) is 0 Å². The van der Waals surface area contributed by atoms with E-state index in [-0.39, 0.29) is 5.82 Å². The van der Waals surface area contributed by atoms with E-state index in [2.05, 4.69) is 10.1 Å². The number of fused-ring (bicyclic) bond motifs is 1. The van der Waals surface area contributed by atoms with E-state index in [0.29, 0.717) is 30.9 Å². The van der Waals surface area contributed by atoms with Crippen LogP contribution in [0.3, 0.4) is 0 Å². The maximum Gasteiger partial charge on any atom is 0.308 e. The lowest BCUT2D eigenvalue weighted by Crippen LogP contribution is -2.39. The van der Waals surface area contributed by atoms with Gasteiger partial charge in [0, 0.05) is 12.2 Å². The Balaban J connectivity index is 1.68. The highest BCUT2D eigenvalue weighted by Gasteiger charge is 2.30. The summed E-state index contributed by atoms with van der Waals surface area (Å²) in [6.07, 6.45) is 1.80. The van der Waals surface area contributed by atoms with Gasteiger partial charge in [-0.25, -0.2) is 14.1 Å². The molecule has 4 rings (SSSR count). The van der Waals surface area contributed by atoms with Gasteiger partial charge in [-0.2, -0.15) is 5.10 Å². The molecular weight excluding hydrogens is 335 g/mol. The molecule has 0 saturated heterocycles. The zero-order valence-corrected chi connectivity index (χ0v) is 13.9. The normalized spacial score (nSPS) is 16.3. The van der Waals surface area contributed by atoms with Crippen LogP contribution in [0.2, 0.25) is 0 Å². The van der Waals surface area contributed by atoms with Gasteiger partial charge in [0.1, 0.15) is 12.1 Å². The smallest absolute Gasteiger partial charge is 0.308 e. The molecule has 7 heteroatoms. The number of aromatic nitrogens is 3. The summed E-state index contributed by atoms with van der Waals surface area (Å²) in [5.41, 5.74) is 2.42. The van der Waals surface area contributed by atoms with Crippen LogP contribution in [-0.2, 0) is 17.8 Å². The molecule has 132 valence electrons. The summed E-state index contributed by atoms with van der Waals surface area (Å²) in [6.45, 7) is 0.729. The maximum atomic E-state index is 13.6. The summed E-state index contributed by atoms with van der Waals surface area (Å²) < 4.78 is 15.3. The molecule has 1 aliphatic heterocycles. The van der Waals surface area contributed by atoms with Gasteiger partial charge < -0.3 is 10.0 Å². The molecule has 2 aromatic carbocycles. The molecule has 6 nitrogen and oxygen atoms in total. The van der Waals surface area contributed by atoms with Crippen molar-refractivity contribution in [2.75, 3.05) is 11.4 Å². The topological polar surface area (TPSA) is 71.2 Å². The first-order valence-corrected chi connectivity index (χ1v) is 8.32. The Bertz CT molecular complexity index is 942. The molecule has 1 unspecified atom stereocenters. The van der Waals surface area contributed by atoms with Crippen molar-refractivity contribution in [1.29, 1.82) is 0 Å². The molecule has 0 amide bonds. The van der Waals surface area contributed by atoms with Crippen molar-refractivity contribution in [1.82, 2.24) is 14.8 Å². The molecule has 0 spiro atoms. The number of carboxylic acids is 1. The Morgan fingerprint density at radius 3 is 2.81 bits per heavy atom. The highest BCUT2D eigenvalue weighted by atomic mass is 19.1. The molecule has 2 heterocycles. The van der Waals surface area contributed by atoms with Crippen LogP contribution in [0.15, 0.2) is 54.9 Å². The van der Waals surface area contributed by atoms with E-state index in [4.69, 9.17) is 0 Å². The molecule has 1 aliphatic rings. The molecule has 0 aliphatic carbocycles. The fraction of sp³-hybridized carbons (Fsp3) is 0.211. The molecule has 1 N–H and O–H groups in total. The van der Waals surface area contributed by atoms with Crippen molar-refractivity contribution in [3.63, 3.8) is 0 Å². The Labute approximate surface area is 149 Å². The second-order valence-corrected chi connectivity index (χ2v) is 6.32. The predicted octanol–water partition coefficient (Wildman–Crippen LogP) is 2.67. The van der Waals surface area contributed by atoms with Crippen molar-refractivity contribution in [3.05, 3.63) is 72.1 Å². The van der Waals surface area contributed by atoms with Gasteiger partial charge in [-0.05, 0) is 42.3 Å². The van der Waals surface area contributed by atoms with E-state index < -0.39 is 11.9 Å². The Kier molecular flexibility index (Phi) is 4.12. The number of nitrogens with zero attached hydrogens (tertiary/aromatic N) is 4. The number of halogens is 1. The average Bonchev–Trinajstić information content (AvgIpc) is 3.10. The van der Waals surface area contributed by atoms with Gasteiger partial charge in [-0.15, -0.1) is 0 Å². The number of carboxylic acid groups (broad SMARTS) is 1. The standard InChI is InChI=1S/C19H17FN4O2/c20-15-6-7-17-13(9-15)8-14(19(25)26)10-23(17)11-18-21-12-22-24(18)16-4-2-1-3-5-16/h1-7,9,12,14H,8,10-11H2,(H,25,26). The quantitative estimate of drug-likeness (QED) is 0.782. The van der Waals surface area contributed by atoms with Gasteiger partial charge in [0.05, 0.1) is 18.2 Å². The van der Waals surface area contributed by atoms with Gasteiger partial charge in [0.15, 0.2) is 5.82 Å². The van der Waals surface area contributed by atoms with E-state index in [9.17, 15) is 14.3 Å². The molecule has 1 atom stereocenters. The largest absolute Gasteiger partial charge is 0.481 e. The van der Waals surface area contributed by atoms with Crippen molar-refractivity contribution < 1.29 is 14.3 Å². The summed E-state index contributed by atoms with van der Waals surface area (Å²) in [5.74, 6) is -1.13. The van der Waals surface area contributed by atoms with Crippen LogP contribution in [0, 0.1) is 11.7 Å². The van der Waals surface area contributed by atoms with Crippen LogP contribution >= 0.6 is 0 Å². The Morgan fingerprint density at radius 1 is 1.23 bits per heavy atom. The molecule has 3 aromatic rings. The van der Waals surface area contributed by atoms with Gasteiger partial charge in [-0.1, -0.05) is 18.2 Å². The van der Waals surface area contributed by atoms with Crippen LogP contribution in [-0.4, -0.2) is 32.4 Å². The highest BCUT2D eigenvalue weighted by molar-refractivity contribution is 5.74. The van der Waals surface area contributed by atoms with Gasteiger partial charge in [0.25, 0.3) is 0 Å². The number of rotatable bonds is 4. The third kappa shape index (κ3) is 3.03. The minimum Gasteiger partial charge on any atom is -0.481 e. The fourth-order valence-corrected chi connectivity index (χ4v) is 3.36. The number of para-hydroxylation sites is 1. The molecule has 0 fully saturated rings. The van der Waals surface area contributed by atoms with E-state index in [0.717, 1.165) is 11.4 Å². The summed E-state index contributed by atoms with van der Waals surface area (Å²) in [5, 5.41) is 13.7. The molecular formula is C19H17FN4O2. The number of benzene rings is 2. The molecule has 26 heavy (non-hydrogen) atoms. The lowest BCUT2D eigenvalue weighted by atomic mass is 9.92. The van der Waals surface area contributed by atoms with Crippen molar-refractivity contribution in [2.24, 2.45) is 5.92 Å². The van der Waals surface area contributed by atoms with Gasteiger partial charge in [0.2, 0.25) is 0 Å². The second-order valence-electron chi connectivity index (χ2n) is 6.32. The highest BCUT2D eigenvalue weighted by Crippen LogP contribution is 2.31. The van der Waals surface area contributed by atoms with E-state index in [1.807, 2.05) is 35.2 Å². The molecule has 0 bridgehead atoms. The van der Waals surface area contributed by atoms with Crippen molar-refractivity contribution in [2.45, 2.75) is 13.0 Å². The fourth-order valence-electron chi connectivity index (χ4n) is 3.36. The third-order valence-corrected chi connectivity index (χ3v) is 4.59. The number of anilines is 1. The summed E-state index contributed by atoms with van der Waals surface area (Å²) in [7, 11) is 0. The van der Waals surface area contributed by atoms with E-state index >= 15 is 0 Å². The maximum absolute atomic E-state index is 13.6. The van der Waals surface area contributed by atoms with Crippen LogP contribution < -0.4 is 4.90 Å². The van der Waals surface area contributed by atoms with Crippen LogP contribution in [0.4, 0.5) is 10.1 Å². The minimum absolute atomic E-state index is 0.324. The monoisotopic (exact) mass is 352 g/mol. The zero-order chi connectivity index (χ0) is 18.1. The Morgan fingerprint density at radius 2 is 2.04 bits per heavy atom. The molecule has 0 saturated carbocycles. The lowest BCUT2D eigenvalue weighted by Gasteiger charge is -2.34. The minimum atomic E-state index is -0.880. The van der Waals surface area contributed by atoms with Crippen LogP contribution in [0.25, 0.3) is 5.69 Å². The summed E-state index contributed by atoms with van der Waals surface area (Å²) >= 11 is 0. The van der Waals surface area contributed by atoms with Crippen molar-refractivity contribution >= 4 is 11.7 Å². The van der Waals surface area contributed by atoms with Crippen molar-refractivity contribution in [3.8, 4) is 5.69 Å². The first-order valence-electron chi connectivity index (χ1n) is 8.32. The van der Waals surface area contributed by atoms with Crippen LogP contribution in [0.1, 0.15) is 11.4 Å². The SMILES string of the molecule is O=C(O)C1Cc2cc(F)ccc2N(Cc2ncnn2-c2ccccc2)C1. The summed E-state index contributed by atoms with van der Waals surface area (Å²) in [6, 6.07) is 14.1. The molecule has 1 aromatic heterocycles. The van der Waals surface area contributed by atoms with Gasteiger partial charge >= 0.3 is 5.97 Å². The third-order valence-electron chi connectivity index (χ3n) is 4.59. The number of hydrogen-bond acceptors (Lipinski definition) is 4. The summed E-state index contributed by atoms with van der Waals surface area (Å²) in [4.78, 5) is 17.8. The zero-order valence-electron chi connectivity index (χ0n) is 13.9. The number of aliphatic carboxylic acids is 1. The average molecular weight is 352 g/mol.